The molecule has 2 aromatic rings. The van der Waals surface area contributed by atoms with Crippen molar-refractivity contribution in [3.8, 4) is 0 Å². The predicted molar refractivity (Wildman–Crippen MR) is 105 cm³/mol. The van der Waals surface area contributed by atoms with Gasteiger partial charge in [-0.15, -0.1) is 12.4 Å². The zero-order valence-electron chi connectivity index (χ0n) is 15.3. The van der Waals surface area contributed by atoms with Crippen LogP contribution in [0.25, 0.3) is 0 Å². The number of amides is 2. The zero-order valence-corrected chi connectivity index (χ0v) is 16.1. The maximum Gasteiger partial charge on any atom is 0.275 e. The largest absolute Gasteiger partial charge is 0.325 e. The summed E-state index contributed by atoms with van der Waals surface area (Å²) in [6, 6.07) is 9.18. The van der Waals surface area contributed by atoms with Crippen LogP contribution in [0.3, 0.4) is 0 Å². The molecule has 2 aliphatic rings. The quantitative estimate of drug-likeness (QED) is 0.834. The molecule has 1 fully saturated rings. The Labute approximate surface area is 164 Å². The molecule has 1 atom stereocenters. The van der Waals surface area contributed by atoms with E-state index in [0.29, 0.717) is 31.7 Å². The molecule has 2 amide bonds. The van der Waals surface area contributed by atoms with Gasteiger partial charge in [0.05, 0.1) is 0 Å². The Balaban J connectivity index is 0.00000210. The topological polar surface area (TPSA) is 81.3 Å². The van der Waals surface area contributed by atoms with E-state index in [1.807, 2.05) is 37.3 Å². The van der Waals surface area contributed by atoms with Crippen LogP contribution in [0.1, 0.15) is 35.1 Å². The Bertz CT molecular complexity index is 823. The monoisotopic (exact) mass is 389 g/mol. The van der Waals surface area contributed by atoms with Gasteiger partial charge in [0.2, 0.25) is 5.91 Å². The van der Waals surface area contributed by atoms with Crippen LogP contribution >= 0.6 is 12.4 Å². The fourth-order valence-electron chi connectivity index (χ4n) is 3.86. The van der Waals surface area contributed by atoms with Gasteiger partial charge in [-0.25, -0.2) is 0 Å². The fourth-order valence-corrected chi connectivity index (χ4v) is 3.86. The third-order valence-corrected chi connectivity index (χ3v) is 5.23. The lowest BCUT2D eigenvalue weighted by Crippen LogP contribution is -2.45. The van der Waals surface area contributed by atoms with E-state index in [-0.39, 0.29) is 24.2 Å². The Morgan fingerprint density at radius 1 is 1.33 bits per heavy atom. The van der Waals surface area contributed by atoms with Crippen LogP contribution < -0.4 is 10.2 Å². The summed E-state index contributed by atoms with van der Waals surface area (Å²) in [5.74, 6) is -0.184. The molecule has 0 saturated carbocycles. The van der Waals surface area contributed by atoms with Crippen molar-refractivity contribution in [3.05, 3.63) is 47.3 Å². The number of halogens is 1. The van der Waals surface area contributed by atoms with Crippen LogP contribution in [0, 0.1) is 0 Å². The molecule has 0 aliphatic carbocycles. The maximum absolute atomic E-state index is 13.1. The molecule has 0 radical (unpaired) electrons. The first kappa shape index (κ1) is 19.4. The molecule has 1 aromatic heterocycles. The van der Waals surface area contributed by atoms with Crippen LogP contribution in [-0.4, -0.2) is 52.6 Å². The first-order chi connectivity index (χ1) is 12.7. The number of rotatable bonds is 4. The zero-order chi connectivity index (χ0) is 18.1. The van der Waals surface area contributed by atoms with E-state index in [2.05, 4.69) is 15.5 Å². The molecule has 2 N–H and O–H groups in total. The fraction of sp³-hybridized carbons (Fsp3) is 0.421. The van der Waals surface area contributed by atoms with Crippen molar-refractivity contribution in [3.63, 3.8) is 0 Å². The second-order valence-electron chi connectivity index (χ2n) is 6.68. The van der Waals surface area contributed by atoms with Crippen molar-refractivity contribution in [1.29, 1.82) is 0 Å². The number of fused-ring (bicyclic) bond motifs is 1. The standard InChI is InChI=1S/C19H23N5O2.ClH/c1-2-23(19(26)17-14-12-20-10-8-15(14)21-22-17)16-9-11-24(18(16)25)13-6-4-3-5-7-13;/h3-7,16,20H,2,8-12H2,1H3,(H,21,22);1H. The number of nitrogens with zero attached hydrogens (tertiary/aromatic N) is 3. The number of carbonyl (C=O) groups excluding carboxylic acids is 2. The lowest BCUT2D eigenvalue weighted by atomic mass is 10.1. The summed E-state index contributed by atoms with van der Waals surface area (Å²) in [4.78, 5) is 29.5. The molecule has 27 heavy (non-hydrogen) atoms. The first-order valence-corrected chi connectivity index (χ1v) is 9.15. The number of likely N-dealkylation sites (N-methyl/N-ethyl adjacent to an activating group) is 1. The van der Waals surface area contributed by atoms with Crippen molar-refractivity contribution in [1.82, 2.24) is 20.4 Å². The van der Waals surface area contributed by atoms with E-state index < -0.39 is 6.04 Å². The normalized spacial score (nSPS) is 18.8. The third kappa shape index (κ3) is 3.44. The van der Waals surface area contributed by atoms with Gasteiger partial charge in [-0.3, -0.25) is 14.7 Å². The van der Waals surface area contributed by atoms with E-state index in [4.69, 9.17) is 0 Å². The van der Waals surface area contributed by atoms with Crippen molar-refractivity contribution in [2.24, 2.45) is 0 Å². The van der Waals surface area contributed by atoms with Crippen molar-refractivity contribution < 1.29 is 9.59 Å². The molecular weight excluding hydrogens is 366 g/mol. The molecule has 3 heterocycles. The van der Waals surface area contributed by atoms with Crippen LogP contribution in [0.15, 0.2) is 30.3 Å². The SMILES string of the molecule is CCN(C(=O)c1n[nH]c2c1CNCC2)C1CCN(c2ccccc2)C1=O.Cl. The molecule has 4 rings (SSSR count). The number of nitrogens with one attached hydrogen (secondary N) is 2. The minimum Gasteiger partial charge on any atom is -0.325 e. The van der Waals surface area contributed by atoms with Crippen molar-refractivity contribution in [2.75, 3.05) is 24.5 Å². The number of anilines is 1. The van der Waals surface area contributed by atoms with Gasteiger partial charge in [-0.05, 0) is 25.5 Å². The summed E-state index contributed by atoms with van der Waals surface area (Å²) in [7, 11) is 0. The number of hydrogen-bond acceptors (Lipinski definition) is 4. The van der Waals surface area contributed by atoms with Gasteiger partial charge in [0.25, 0.3) is 5.91 Å². The van der Waals surface area contributed by atoms with Crippen LogP contribution in [0.2, 0.25) is 0 Å². The van der Waals surface area contributed by atoms with Gasteiger partial charge in [0.1, 0.15) is 6.04 Å². The van der Waals surface area contributed by atoms with Crippen LogP contribution in [0.4, 0.5) is 5.69 Å². The molecule has 0 spiro atoms. The number of aromatic amines is 1. The molecule has 7 nitrogen and oxygen atoms in total. The lowest BCUT2D eigenvalue weighted by molar-refractivity contribution is -0.120. The summed E-state index contributed by atoms with van der Waals surface area (Å²) >= 11 is 0. The van der Waals surface area contributed by atoms with E-state index >= 15 is 0 Å². The molecule has 1 unspecified atom stereocenters. The van der Waals surface area contributed by atoms with Crippen LogP contribution in [-0.2, 0) is 17.8 Å². The average molecular weight is 390 g/mol. The van der Waals surface area contributed by atoms with Crippen molar-refractivity contribution in [2.45, 2.75) is 32.4 Å². The smallest absolute Gasteiger partial charge is 0.275 e. The van der Waals surface area contributed by atoms with E-state index in [9.17, 15) is 9.59 Å². The molecule has 2 aliphatic heterocycles. The Morgan fingerprint density at radius 3 is 2.85 bits per heavy atom. The summed E-state index contributed by atoms with van der Waals surface area (Å²) in [5.41, 5.74) is 3.28. The van der Waals surface area contributed by atoms with Gasteiger partial charge in [-0.1, -0.05) is 18.2 Å². The highest BCUT2D eigenvalue weighted by Gasteiger charge is 2.39. The summed E-state index contributed by atoms with van der Waals surface area (Å²) in [5, 5.41) is 10.5. The molecular formula is C19H24ClN5O2. The highest BCUT2D eigenvalue weighted by atomic mass is 35.5. The van der Waals surface area contributed by atoms with E-state index in [1.165, 1.54) is 0 Å². The van der Waals surface area contributed by atoms with Crippen LogP contribution in [0.5, 0.6) is 0 Å². The number of aromatic nitrogens is 2. The van der Waals surface area contributed by atoms with Gasteiger partial charge < -0.3 is 15.1 Å². The van der Waals surface area contributed by atoms with Gasteiger partial charge >= 0.3 is 0 Å². The molecule has 8 heteroatoms. The molecule has 1 aromatic carbocycles. The number of carbonyl (C=O) groups is 2. The summed E-state index contributed by atoms with van der Waals surface area (Å²) < 4.78 is 0. The maximum atomic E-state index is 13.1. The van der Waals surface area contributed by atoms with Gasteiger partial charge in [0, 0.05) is 49.5 Å². The highest BCUT2D eigenvalue weighted by Crippen LogP contribution is 2.26. The number of benzene rings is 1. The average Bonchev–Trinajstić information content (AvgIpc) is 3.27. The summed E-state index contributed by atoms with van der Waals surface area (Å²) in [6.45, 7) is 4.53. The predicted octanol–water partition coefficient (Wildman–Crippen LogP) is 1.74. The number of hydrogen-bond donors (Lipinski definition) is 2. The number of para-hydroxylation sites is 1. The lowest BCUT2D eigenvalue weighted by Gasteiger charge is -2.27. The number of H-pyrrole nitrogens is 1. The molecule has 1 saturated heterocycles. The van der Waals surface area contributed by atoms with Gasteiger partial charge in [-0.2, -0.15) is 5.10 Å². The van der Waals surface area contributed by atoms with Crippen molar-refractivity contribution >= 4 is 29.9 Å². The molecule has 0 bridgehead atoms. The second kappa shape index (κ2) is 8.10. The molecule has 144 valence electrons. The van der Waals surface area contributed by atoms with E-state index in [1.54, 1.807) is 9.80 Å². The third-order valence-electron chi connectivity index (χ3n) is 5.23. The summed E-state index contributed by atoms with van der Waals surface area (Å²) in [6.07, 6.45) is 1.48. The minimum atomic E-state index is -0.434. The van der Waals surface area contributed by atoms with Gasteiger partial charge in [0.15, 0.2) is 5.69 Å². The second-order valence-corrected chi connectivity index (χ2v) is 6.68. The Kier molecular flexibility index (Phi) is 5.82. The Morgan fingerprint density at radius 2 is 2.11 bits per heavy atom. The Hall–Kier alpha value is -2.38. The van der Waals surface area contributed by atoms with E-state index in [0.717, 1.165) is 29.9 Å². The first-order valence-electron chi connectivity index (χ1n) is 9.15. The minimum absolute atomic E-state index is 0. The highest BCUT2D eigenvalue weighted by molar-refractivity contribution is 6.03.